The molecule has 2 aromatic carbocycles. The maximum absolute atomic E-state index is 12.3. The number of hydrazine groups is 1. The summed E-state index contributed by atoms with van der Waals surface area (Å²) in [5.74, 6) is -0.0643. The van der Waals surface area contributed by atoms with Crippen molar-refractivity contribution in [3.8, 4) is 5.75 Å². The second-order valence-corrected chi connectivity index (χ2v) is 6.53. The molecule has 0 fully saturated rings. The second kappa shape index (κ2) is 7.91. The second-order valence-electron chi connectivity index (χ2n) is 6.53. The number of rotatable bonds is 4. The average Bonchev–Trinajstić information content (AvgIpc) is 2.65. The van der Waals surface area contributed by atoms with Crippen LogP contribution in [0.5, 0.6) is 5.75 Å². The maximum atomic E-state index is 12.3. The standard InChI is InChI=1S/C20H23N3O3/c1-13-7-8-17(14(2)9-13)21-11-19(24)22-23-20(25)16-10-15-5-3-4-6-18(15)26-12-16/h3-9,16,21H,10-12H2,1-2H3,(H,22,24)(H,23,25). The first kappa shape index (κ1) is 17.8. The van der Waals surface area contributed by atoms with Gasteiger partial charge in [-0.3, -0.25) is 20.4 Å². The van der Waals surface area contributed by atoms with E-state index in [1.165, 1.54) is 5.56 Å². The Labute approximate surface area is 152 Å². The van der Waals surface area contributed by atoms with Gasteiger partial charge in [-0.2, -0.15) is 0 Å². The van der Waals surface area contributed by atoms with E-state index in [1.54, 1.807) is 0 Å². The molecule has 1 aliphatic heterocycles. The number of nitrogens with one attached hydrogen (secondary N) is 3. The van der Waals surface area contributed by atoms with Crippen LogP contribution in [0, 0.1) is 19.8 Å². The molecule has 136 valence electrons. The summed E-state index contributed by atoms with van der Waals surface area (Å²) in [5.41, 5.74) is 9.07. The van der Waals surface area contributed by atoms with E-state index >= 15 is 0 Å². The van der Waals surface area contributed by atoms with Gasteiger partial charge in [-0.25, -0.2) is 0 Å². The summed E-state index contributed by atoms with van der Waals surface area (Å²) < 4.78 is 5.61. The van der Waals surface area contributed by atoms with Gasteiger partial charge in [0, 0.05) is 5.69 Å². The van der Waals surface area contributed by atoms with Crippen LogP contribution in [-0.4, -0.2) is 25.0 Å². The molecule has 6 heteroatoms. The predicted octanol–water partition coefficient (Wildman–Crippen LogP) is 2.11. The number of benzene rings is 2. The minimum absolute atomic E-state index is 0.0776. The van der Waals surface area contributed by atoms with Crippen molar-refractivity contribution in [3.63, 3.8) is 0 Å². The van der Waals surface area contributed by atoms with Crippen LogP contribution in [0.4, 0.5) is 5.69 Å². The van der Waals surface area contributed by atoms with Gasteiger partial charge in [0.15, 0.2) is 0 Å². The van der Waals surface area contributed by atoms with Crippen molar-refractivity contribution >= 4 is 17.5 Å². The van der Waals surface area contributed by atoms with Crippen molar-refractivity contribution in [2.24, 2.45) is 5.92 Å². The summed E-state index contributed by atoms with van der Waals surface area (Å²) in [5, 5.41) is 3.07. The molecule has 26 heavy (non-hydrogen) atoms. The van der Waals surface area contributed by atoms with Crippen molar-refractivity contribution < 1.29 is 14.3 Å². The van der Waals surface area contributed by atoms with Crippen LogP contribution >= 0.6 is 0 Å². The first-order valence-corrected chi connectivity index (χ1v) is 8.63. The van der Waals surface area contributed by atoms with Crippen LogP contribution in [0.2, 0.25) is 0 Å². The number of carbonyl (C=O) groups is 2. The van der Waals surface area contributed by atoms with Crippen LogP contribution in [0.1, 0.15) is 16.7 Å². The quantitative estimate of drug-likeness (QED) is 0.736. The number of ether oxygens (including phenoxy) is 1. The molecule has 3 N–H and O–H groups in total. The highest BCUT2D eigenvalue weighted by Crippen LogP contribution is 2.26. The summed E-state index contributed by atoms with van der Waals surface area (Å²) >= 11 is 0. The highest BCUT2D eigenvalue weighted by Gasteiger charge is 2.25. The number of fused-ring (bicyclic) bond motifs is 1. The fourth-order valence-electron chi connectivity index (χ4n) is 2.96. The fourth-order valence-corrected chi connectivity index (χ4v) is 2.96. The highest BCUT2D eigenvalue weighted by molar-refractivity contribution is 5.85. The highest BCUT2D eigenvalue weighted by atomic mass is 16.5. The first-order chi connectivity index (χ1) is 12.5. The summed E-state index contributed by atoms with van der Waals surface area (Å²) in [6.45, 7) is 4.38. The molecule has 0 radical (unpaired) electrons. The zero-order valence-corrected chi connectivity index (χ0v) is 15.0. The minimum Gasteiger partial charge on any atom is -0.492 e. The Kier molecular flexibility index (Phi) is 5.41. The first-order valence-electron chi connectivity index (χ1n) is 8.63. The molecule has 0 saturated carbocycles. The minimum atomic E-state index is -0.322. The van der Waals surface area contributed by atoms with Gasteiger partial charge in [0.05, 0.1) is 12.5 Å². The number of hydrogen-bond donors (Lipinski definition) is 3. The van der Waals surface area contributed by atoms with Crippen LogP contribution in [-0.2, 0) is 16.0 Å². The molecular weight excluding hydrogens is 330 g/mol. The average molecular weight is 353 g/mol. The van der Waals surface area contributed by atoms with Gasteiger partial charge in [-0.05, 0) is 43.5 Å². The molecule has 1 atom stereocenters. The zero-order chi connectivity index (χ0) is 18.5. The molecular formula is C20H23N3O3. The lowest BCUT2D eigenvalue weighted by Crippen LogP contribution is -2.48. The molecule has 1 unspecified atom stereocenters. The van der Waals surface area contributed by atoms with Crippen molar-refractivity contribution in [2.45, 2.75) is 20.3 Å². The van der Waals surface area contributed by atoms with Gasteiger partial charge in [0.2, 0.25) is 5.91 Å². The Balaban J connectivity index is 1.45. The summed E-state index contributed by atoms with van der Waals surface area (Å²) in [7, 11) is 0. The van der Waals surface area contributed by atoms with Gasteiger partial charge in [0.25, 0.3) is 5.91 Å². The van der Waals surface area contributed by atoms with Gasteiger partial charge >= 0.3 is 0 Å². The Morgan fingerprint density at radius 2 is 1.92 bits per heavy atom. The van der Waals surface area contributed by atoms with E-state index in [2.05, 4.69) is 16.2 Å². The lowest BCUT2D eigenvalue weighted by atomic mass is 9.96. The molecule has 0 bridgehead atoms. The van der Waals surface area contributed by atoms with Crippen molar-refractivity contribution in [3.05, 3.63) is 59.2 Å². The largest absolute Gasteiger partial charge is 0.492 e. The Morgan fingerprint density at radius 3 is 2.73 bits per heavy atom. The number of amides is 2. The number of anilines is 1. The molecule has 6 nitrogen and oxygen atoms in total. The monoisotopic (exact) mass is 353 g/mol. The van der Waals surface area contributed by atoms with E-state index in [-0.39, 0.29) is 24.3 Å². The summed E-state index contributed by atoms with van der Waals surface area (Å²) in [6, 6.07) is 13.6. The topological polar surface area (TPSA) is 79.5 Å². The lowest BCUT2D eigenvalue weighted by Gasteiger charge is -2.24. The van der Waals surface area contributed by atoms with Crippen molar-refractivity contribution in [2.75, 3.05) is 18.5 Å². The molecule has 0 aliphatic carbocycles. The zero-order valence-electron chi connectivity index (χ0n) is 15.0. The third kappa shape index (κ3) is 4.33. The number of hydrogen-bond acceptors (Lipinski definition) is 4. The summed E-state index contributed by atoms with van der Waals surface area (Å²) in [6.07, 6.45) is 0.596. The Morgan fingerprint density at radius 1 is 1.12 bits per heavy atom. The van der Waals surface area contributed by atoms with E-state index in [4.69, 9.17) is 4.74 Å². The fraction of sp³-hybridized carbons (Fsp3) is 0.300. The van der Waals surface area contributed by atoms with E-state index in [0.29, 0.717) is 13.0 Å². The molecule has 1 heterocycles. The van der Waals surface area contributed by atoms with E-state index in [9.17, 15) is 9.59 Å². The SMILES string of the molecule is Cc1ccc(NCC(=O)NNC(=O)C2COc3ccccc3C2)c(C)c1. The van der Waals surface area contributed by atoms with Crippen molar-refractivity contribution in [1.82, 2.24) is 10.9 Å². The summed E-state index contributed by atoms with van der Waals surface area (Å²) in [4.78, 5) is 24.2. The molecule has 0 spiro atoms. The van der Waals surface area contributed by atoms with Crippen molar-refractivity contribution in [1.29, 1.82) is 0 Å². The number of carbonyl (C=O) groups excluding carboxylic acids is 2. The number of para-hydroxylation sites is 1. The predicted molar refractivity (Wildman–Crippen MR) is 99.8 cm³/mol. The Bertz CT molecular complexity index is 820. The van der Waals surface area contributed by atoms with Gasteiger partial charge in [-0.15, -0.1) is 0 Å². The Hall–Kier alpha value is -3.02. The molecule has 2 amide bonds. The van der Waals surface area contributed by atoms with E-state index < -0.39 is 0 Å². The van der Waals surface area contributed by atoms with E-state index in [1.807, 2.05) is 56.3 Å². The van der Waals surface area contributed by atoms with Gasteiger partial charge in [0.1, 0.15) is 12.4 Å². The van der Waals surface area contributed by atoms with Crippen LogP contribution in [0.25, 0.3) is 0 Å². The molecule has 1 aliphatic rings. The van der Waals surface area contributed by atoms with Crippen LogP contribution < -0.4 is 20.9 Å². The third-order valence-electron chi connectivity index (χ3n) is 4.40. The third-order valence-corrected chi connectivity index (χ3v) is 4.40. The molecule has 0 aromatic heterocycles. The van der Waals surface area contributed by atoms with Gasteiger partial charge < -0.3 is 10.1 Å². The normalized spacial score (nSPS) is 15.4. The smallest absolute Gasteiger partial charge is 0.257 e. The van der Waals surface area contributed by atoms with Crippen LogP contribution in [0.15, 0.2) is 42.5 Å². The lowest BCUT2D eigenvalue weighted by molar-refractivity contribution is -0.131. The number of aryl methyl sites for hydroxylation is 2. The van der Waals surface area contributed by atoms with Crippen LogP contribution in [0.3, 0.4) is 0 Å². The molecule has 2 aromatic rings. The maximum Gasteiger partial charge on any atom is 0.257 e. The van der Waals surface area contributed by atoms with Gasteiger partial charge in [-0.1, -0.05) is 35.9 Å². The van der Waals surface area contributed by atoms with E-state index in [0.717, 1.165) is 22.6 Å². The molecule has 0 saturated heterocycles. The molecule has 3 rings (SSSR count).